The highest BCUT2D eigenvalue weighted by atomic mass is 35.5. The Balaban J connectivity index is 2.31. The minimum atomic E-state index is -0.794. The van der Waals surface area contributed by atoms with Crippen molar-refractivity contribution in [1.82, 2.24) is 0 Å². The van der Waals surface area contributed by atoms with Crippen LogP contribution in [0.25, 0.3) is 0 Å². The molecule has 1 aliphatic rings. The summed E-state index contributed by atoms with van der Waals surface area (Å²) in [6, 6.07) is 6.67. The van der Waals surface area contributed by atoms with Gasteiger partial charge in [0, 0.05) is 0 Å². The first-order valence-corrected chi connectivity index (χ1v) is 5.09. The fourth-order valence-corrected chi connectivity index (χ4v) is 1.47. The number of hydrogen-bond acceptors (Lipinski definition) is 5. The van der Waals surface area contributed by atoms with Crippen LogP contribution in [0.1, 0.15) is 6.92 Å². The predicted octanol–water partition coefficient (Wildman–Crippen LogP) is 1.55. The SMILES string of the molecule is CC1=NOC(=O)/C1=[N+](\[O-])Nc1ccccc1Cl. The molecule has 0 bridgehead atoms. The van der Waals surface area contributed by atoms with E-state index < -0.39 is 5.97 Å². The monoisotopic (exact) mass is 253 g/mol. The first kappa shape index (κ1) is 11.4. The summed E-state index contributed by atoms with van der Waals surface area (Å²) >= 11 is 5.86. The highest BCUT2D eigenvalue weighted by molar-refractivity contribution is 6.65. The second kappa shape index (κ2) is 4.42. The van der Waals surface area contributed by atoms with E-state index in [0.29, 0.717) is 10.7 Å². The van der Waals surface area contributed by atoms with Gasteiger partial charge in [-0.15, -0.1) is 0 Å². The third-order valence-corrected chi connectivity index (χ3v) is 2.43. The van der Waals surface area contributed by atoms with Crippen LogP contribution in [-0.4, -0.2) is 22.2 Å². The van der Waals surface area contributed by atoms with Gasteiger partial charge in [0.05, 0.1) is 5.02 Å². The van der Waals surface area contributed by atoms with Crippen molar-refractivity contribution in [1.29, 1.82) is 0 Å². The molecule has 7 heteroatoms. The van der Waals surface area contributed by atoms with Crippen molar-refractivity contribution >= 4 is 34.7 Å². The van der Waals surface area contributed by atoms with Crippen molar-refractivity contribution in [3.05, 3.63) is 34.5 Å². The molecule has 2 rings (SSSR count). The Morgan fingerprint density at radius 2 is 2.18 bits per heavy atom. The largest absolute Gasteiger partial charge is 0.595 e. The quantitative estimate of drug-likeness (QED) is 0.375. The number of benzene rings is 1. The van der Waals surface area contributed by atoms with Crippen LogP contribution in [0.2, 0.25) is 5.02 Å². The molecule has 0 unspecified atom stereocenters. The Kier molecular flexibility index (Phi) is 2.97. The second-order valence-corrected chi connectivity index (χ2v) is 3.70. The molecule has 0 aliphatic carbocycles. The van der Waals surface area contributed by atoms with Crippen LogP contribution in [0, 0.1) is 5.21 Å². The third-order valence-electron chi connectivity index (χ3n) is 2.10. The second-order valence-electron chi connectivity index (χ2n) is 3.29. The summed E-state index contributed by atoms with van der Waals surface area (Å²) in [6.07, 6.45) is 0. The van der Waals surface area contributed by atoms with E-state index in [1.54, 1.807) is 24.3 Å². The number of carbonyl (C=O) groups excluding carboxylic acids is 1. The molecule has 6 nitrogen and oxygen atoms in total. The van der Waals surface area contributed by atoms with Crippen molar-refractivity contribution in [2.24, 2.45) is 5.16 Å². The highest BCUT2D eigenvalue weighted by Gasteiger charge is 2.33. The van der Waals surface area contributed by atoms with Gasteiger partial charge in [0.1, 0.15) is 5.69 Å². The molecule has 1 aliphatic heterocycles. The van der Waals surface area contributed by atoms with Crippen LogP contribution in [0.4, 0.5) is 5.69 Å². The maximum atomic E-state index is 11.7. The predicted molar refractivity (Wildman–Crippen MR) is 62.9 cm³/mol. The van der Waals surface area contributed by atoms with Crippen molar-refractivity contribution in [2.45, 2.75) is 6.92 Å². The number of halogens is 1. The molecule has 0 fully saturated rings. The number of hydrogen-bond donors (Lipinski definition) is 1. The van der Waals surface area contributed by atoms with Gasteiger partial charge >= 0.3 is 11.7 Å². The zero-order valence-electron chi connectivity index (χ0n) is 8.81. The number of rotatable bonds is 2. The summed E-state index contributed by atoms with van der Waals surface area (Å²) in [5.41, 5.74) is 2.86. The summed E-state index contributed by atoms with van der Waals surface area (Å²) in [5.74, 6) is -0.794. The van der Waals surface area contributed by atoms with Gasteiger partial charge in [0.2, 0.25) is 0 Å². The normalized spacial score (nSPS) is 17.5. The number of hydrazone groups is 1. The Bertz CT molecular complexity index is 539. The first-order valence-electron chi connectivity index (χ1n) is 4.71. The number of para-hydroxylation sites is 1. The Labute approximate surface area is 102 Å². The Hall–Kier alpha value is -2.08. The molecule has 0 saturated carbocycles. The van der Waals surface area contributed by atoms with E-state index in [1.165, 1.54) is 6.92 Å². The van der Waals surface area contributed by atoms with E-state index in [9.17, 15) is 10.0 Å². The maximum Gasteiger partial charge on any atom is 0.435 e. The summed E-state index contributed by atoms with van der Waals surface area (Å²) in [7, 11) is 0. The summed E-state index contributed by atoms with van der Waals surface area (Å²) in [4.78, 5) is 15.9. The molecular weight excluding hydrogens is 246 g/mol. The molecule has 0 spiro atoms. The molecule has 17 heavy (non-hydrogen) atoms. The summed E-state index contributed by atoms with van der Waals surface area (Å²) in [6.45, 7) is 1.50. The number of anilines is 1. The number of nitrogens with one attached hydrogen (secondary N) is 1. The van der Waals surface area contributed by atoms with Crippen LogP contribution < -0.4 is 5.43 Å². The van der Waals surface area contributed by atoms with Crippen LogP contribution in [0.3, 0.4) is 0 Å². The van der Waals surface area contributed by atoms with E-state index in [0.717, 1.165) is 0 Å². The van der Waals surface area contributed by atoms with Gasteiger partial charge < -0.3 is 10.0 Å². The van der Waals surface area contributed by atoms with Gasteiger partial charge in [-0.05, 0) is 19.1 Å². The average molecular weight is 254 g/mol. The van der Waals surface area contributed by atoms with Crippen LogP contribution >= 0.6 is 11.6 Å². The van der Waals surface area contributed by atoms with Crippen LogP contribution in [0.5, 0.6) is 0 Å². The topological polar surface area (TPSA) is 76.8 Å². The lowest BCUT2D eigenvalue weighted by molar-refractivity contribution is -0.419. The lowest BCUT2D eigenvalue weighted by Gasteiger charge is -2.07. The Morgan fingerprint density at radius 3 is 2.76 bits per heavy atom. The van der Waals surface area contributed by atoms with Crippen molar-refractivity contribution in [3.8, 4) is 0 Å². The minimum absolute atomic E-state index is 0.190. The third kappa shape index (κ3) is 2.21. The summed E-state index contributed by atoms with van der Waals surface area (Å²) in [5, 5.41) is 15.5. The molecule has 0 radical (unpaired) electrons. The zero-order valence-corrected chi connectivity index (χ0v) is 9.56. The standard InChI is InChI=1S/C10H8ClN3O3/c1-6-9(10(15)17-13-6)14(16)12-8-5-3-2-4-7(8)11/h2-5,12H,1H3/b14-9-. The van der Waals surface area contributed by atoms with Gasteiger partial charge in [0.25, 0.3) is 0 Å². The van der Waals surface area contributed by atoms with E-state index in [1.807, 2.05) is 0 Å². The van der Waals surface area contributed by atoms with Crippen LogP contribution in [0.15, 0.2) is 29.4 Å². The van der Waals surface area contributed by atoms with Crippen molar-refractivity contribution < 1.29 is 14.5 Å². The number of nitrogens with zero attached hydrogens (tertiary/aromatic N) is 2. The Morgan fingerprint density at radius 1 is 1.47 bits per heavy atom. The molecule has 0 atom stereocenters. The number of oxime groups is 1. The maximum absolute atomic E-state index is 11.7. The van der Waals surface area contributed by atoms with E-state index in [-0.39, 0.29) is 16.3 Å². The fourth-order valence-electron chi connectivity index (χ4n) is 1.29. The first-order chi connectivity index (χ1) is 8.09. The fraction of sp³-hybridized carbons (Fsp3) is 0.100. The lowest BCUT2D eigenvalue weighted by atomic mass is 10.3. The minimum Gasteiger partial charge on any atom is -0.595 e. The van der Waals surface area contributed by atoms with Gasteiger partial charge in [-0.3, -0.25) is 0 Å². The van der Waals surface area contributed by atoms with Crippen LogP contribution in [-0.2, 0) is 9.63 Å². The van der Waals surface area contributed by atoms with E-state index in [2.05, 4.69) is 15.4 Å². The van der Waals surface area contributed by atoms with E-state index in [4.69, 9.17) is 11.6 Å². The van der Waals surface area contributed by atoms with Gasteiger partial charge in [-0.2, -0.15) is 5.43 Å². The lowest BCUT2D eigenvalue weighted by Crippen LogP contribution is -2.30. The van der Waals surface area contributed by atoms with E-state index >= 15 is 0 Å². The van der Waals surface area contributed by atoms with Crippen molar-refractivity contribution in [3.63, 3.8) is 0 Å². The molecule has 0 saturated heterocycles. The molecule has 0 aromatic heterocycles. The molecule has 88 valence electrons. The average Bonchev–Trinajstić information content (AvgIpc) is 2.62. The smallest absolute Gasteiger partial charge is 0.435 e. The highest BCUT2D eigenvalue weighted by Crippen LogP contribution is 2.20. The number of hydrazine groups is 1. The van der Waals surface area contributed by atoms with Gasteiger partial charge in [-0.1, -0.05) is 33.7 Å². The summed E-state index contributed by atoms with van der Waals surface area (Å²) < 4.78 is 0. The number of carbonyl (C=O) groups is 1. The zero-order chi connectivity index (χ0) is 12.4. The van der Waals surface area contributed by atoms with Crippen molar-refractivity contribution in [2.75, 3.05) is 5.43 Å². The molecule has 1 heterocycles. The molecule has 1 N–H and O–H groups in total. The van der Waals surface area contributed by atoms with Gasteiger partial charge in [-0.25, -0.2) is 4.79 Å². The molecule has 0 amide bonds. The van der Waals surface area contributed by atoms with Gasteiger partial charge in [0.15, 0.2) is 5.71 Å². The molecular formula is C10H8ClN3O3. The molecule has 1 aromatic rings. The molecule has 1 aromatic carbocycles.